The summed E-state index contributed by atoms with van der Waals surface area (Å²) >= 11 is 0. The minimum absolute atomic E-state index is 0.168. The first-order chi connectivity index (χ1) is 12.3. The average molecular weight is 340 g/mol. The van der Waals surface area contributed by atoms with E-state index in [0.29, 0.717) is 5.89 Å². The van der Waals surface area contributed by atoms with E-state index in [1.807, 2.05) is 36.5 Å². The predicted octanol–water partition coefficient (Wildman–Crippen LogP) is 4.09. The van der Waals surface area contributed by atoms with Crippen LogP contribution in [0.15, 0.2) is 40.9 Å². The number of rotatable bonds is 5. The van der Waals surface area contributed by atoms with Gasteiger partial charge in [-0.25, -0.2) is 4.98 Å². The van der Waals surface area contributed by atoms with Gasteiger partial charge in [-0.3, -0.25) is 4.90 Å². The molecule has 25 heavy (non-hydrogen) atoms. The molecule has 2 aromatic rings. The van der Waals surface area contributed by atoms with Gasteiger partial charge in [0.25, 0.3) is 0 Å². The lowest BCUT2D eigenvalue weighted by atomic mass is 9.73. The van der Waals surface area contributed by atoms with Gasteiger partial charge < -0.3 is 9.52 Å². The molecule has 134 valence electrons. The van der Waals surface area contributed by atoms with E-state index < -0.39 is 5.60 Å². The quantitative estimate of drug-likeness (QED) is 0.891. The Kier molecular flexibility index (Phi) is 4.91. The van der Waals surface area contributed by atoms with E-state index in [9.17, 15) is 5.11 Å². The van der Waals surface area contributed by atoms with Gasteiger partial charge in [-0.05, 0) is 44.3 Å². The maximum atomic E-state index is 11.8. The standard InChI is InChI=1S/C21H28N2O2/c24-21(17-9-3-1-4-10-17,18-11-5-2-6-12-18)20-22-15-19(25-20)16-23-13-7-8-14-23/h1,3-4,9-10,15,18,24H,2,5-8,11-14,16H2/t21-/m1/s1. The zero-order valence-corrected chi connectivity index (χ0v) is 14.9. The molecule has 4 heteroatoms. The van der Waals surface area contributed by atoms with E-state index in [1.54, 1.807) is 0 Å². The van der Waals surface area contributed by atoms with E-state index in [4.69, 9.17) is 4.42 Å². The third-order valence-corrected chi connectivity index (χ3v) is 5.87. The first-order valence-electron chi connectivity index (χ1n) is 9.72. The summed E-state index contributed by atoms with van der Waals surface area (Å²) in [5, 5.41) is 11.8. The zero-order valence-electron chi connectivity index (χ0n) is 14.9. The van der Waals surface area contributed by atoms with E-state index >= 15 is 0 Å². The van der Waals surface area contributed by atoms with Crippen LogP contribution in [-0.2, 0) is 12.1 Å². The molecule has 1 aliphatic heterocycles. The summed E-state index contributed by atoms with van der Waals surface area (Å²) in [4.78, 5) is 6.93. The van der Waals surface area contributed by atoms with Crippen LogP contribution < -0.4 is 0 Å². The van der Waals surface area contributed by atoms with Gasteiger partial charge in [0.2, 0.25) is 5.89 Å². The second-order valence-electron chi connectivity index (χ2n) is 7.58. The van der Waals surface area contributed by atoms with Crippen molar-refractivity contribution in [1.82, 2.24) is 9.88 Å². The van der Waals surface area contributed by atoms with E-state index in [-0.39, 0.29) is 5.92 Å². The molecule has 1 saturated carbocycles. The van der Waals surface area contributed by atoms with Crippen LogP contribution in [-0.4, -0.2) is 28.1 Å². The highest BCUT2D eigenvalue weighted by Gasteiger charge is 2.44. The van der Waals surface area contributed by atoms with Crippen LogP contribution in [0.25, 0.3) is 0 Å². The molecule has 4 nitrogen and oxygen atoms in total. The van der Waals surface area contributed by atoms with Crippen LogP contribution in [0.3, 0.4) is 0 Å². The molecular formula is C21H28N2O2. The second-order valence-corrected chi connectivity index (χ2v) is 7.58. The molecule has 1 N–H and O–H groups in total. The Morgan fingerprint density at radius 2 is 1.76 bits per heavy atom. The fourth-order valence-electron chi connectivity index (χ4n) is 4.46. The summed E-state index contributed by atoms with van der Waals surface area (Å²) in [5.41, 5.74) is -0.221. The molecule has 2 heterocycles. The number of aromatic nitrogens is 1. The van der Waals surface area contributed by atoms with Crippen molar-refractivity contribution >= 4 is 0 Å². The highest BCUT2D eigenvalue weighted by molar-refractivity contribution is 5.30. The molecular weight excluding hydrogens is 312 g/mol. The van der Waals surface area contributed by atoms with Gasteiger partial charge in [-0.15, -0.1) is 0 Å². The van der Waals surface area contributed by atoms with Gasteiger partial charge in [-0.2, -0.15) is 0 Å². The molecule has 2 aliphatic rings. The molecule has 0 spiro atoms. The lowest BCUT2D eigenvalue weighted by Crippen LogP contribution is -2.38. The van der Waals surface area contributed by atoms with Crippen LogP contribution in [0.5, 0.6) is 0 Å². The van der Waals surface area contributed by atoms with Gasteiger partial charge >= 0.3 is 0 Å². The molecule has 0 unspecified atom stereocenters. The van der Waals surface area contributed by atoms with E-state index in [0.717, 1.165) is 43.8 Å². The highest BCUT2D eigenvalue weighted by Crippen LogP contribution is 2.43. The molecule has 1 aromatic heterocycles. The molecule has 4 rings (SSSR count). The smallest absolute Gasteiger partial charge is 0.231 e. The zero-order chi connectivity index (χ0) is 17.1. The average Bonchev–Trinajstić information content (AvgIpc) is 3.35. The molecule has 1 saturated heterocycles. The normalized spacial score (nSPS) is 22.1. The van der Waals surface area contributed by atoms with Crippen LogP contribution in [0, 0.1) is 5.92 Å². The first-order valence-corrected chi connectivity index (χ1v) is 9.72. The maximum absolute atomic E-state index is 11.8. The summed E-state index contributed by atoms with van der Waals surface area (Å²) < 4.78 is 6.12. The van der Waals surface area contributed by atoms with E-state index in [2.05, 4.69) is 9.88 Å². The summed E-state index contributed by atoms with van der Waals surface area (Å²) in [6.07, 6.45) is 9.97. The van der Waals surface area contributed by atoms with Crippen LogP contribution in [0.2, 0.25) is 0 Å². The number of hydrogen-bond acceptors (Lipinski definition) is 4. The van der Waals surface area contributed by atoms with Crippen LogP contribution in [0.1, 0.15) is 62.2 Å². The Balaban J connectivity index is 1.64. The van der Waals surface area contributed by atoms with Crippen molar-refractivity contribution in [3.05, 3.63) is 53.7 Å². The van der Waals surface area contributed by atoms with Crippen molar-refractivity contribution in [1.29, 1.82) is 0 Å². The largest absolute Gasteiger partial charge is 0.441 e. The first kappa shape index (κ1) is 16.8. The predicted molar refractivity (Wildman–Crippen MR) is 97.0 cm³/mol. The number of nitrogens with zero attached hydrogens (tertiary/aromatic N) is 2. The van der Waals surface area contributed by atoms with Crippen molar-refractivity contribution in [3.8, 4) is 0 Å². The molecule has 1 aliphatic carbocycles. The number of oxazole rings is 1. The Bertz CT molecular complexity index is 672. The molecule has 2 fully saturated rings. The van der Waals surface area contributed by atoms with E-state index in [1.165, 1.54) is 32.1 Å². The topological polar surface area (TPSA) is 49.5 Å². The van der Waals surface area contributed by atoms with Crippen molar-refractivity contribution in [3.63, 3.8) is 0 Å². The molecule has 0 amide bonds. The number of hydrogen-bond donors (Lipinski definition) is 1. The molecule has 1 aromatic carbocycles. The third kappa shape index (κ3) is 3.38. The fraction of sp³-hybridized carbons (Fsp3) is 0.571. The number of benzene rings is 1. The monoisotopic (exact) mass is 340 g/mol. The van der Waals surface area contributed by atoms with Gasteiger partial charge in [0, 0.05) is 5.92 Å². The summed E-state index contributed by atoms with van der Waals surface area (Å²) in [6, 6.07) is 9.95. The minimum atomic E-state index is -1.12. The number of likely N-dealkylation sites (tertiary alicyclic amines) is 1. The van der Waals surface area contributed by atoms with Gasteiger partial charge in [0.15, 0.2) is 5.60 Å². The Hall–Kier alpha value is -1.65. The summed E-state index contributed by atoms with van der Waals surface area (Å²) in [7, 11) is 0. The van der Waals surface area contributed by atoms with Crippen molar-refractivity contribution in [2.24, 2.45) is 5.92 Å². The third-order valence-electron chi connectivity index (χ3n) is 5.87. The van der Waals surface area contributed by atoms with Crippen LogP contribution >= 0.6 is 0 Å². The van der Waals surface area contributed by atoms with Crippen molar-refractivity contribution < 1.29 is 9.52 Å². The Morgan fingerprint density at radius 1 is 1.04 bits per heavy atom. The van der Waals surface area contributed by atoms with Gasteiger partial charge in [0.1, 0.15) is 5.76 Å². The molecule has 0 radical (unpaired) electrons. The molecule has 0 bridgehead atoms. The molecule has 1 atom stereocenters. The maximum Gasteiger partial charge on any atom is 0.231 e. The Morgan fingerprint density at radius 3 is 2.48 bits per heavy atom. The number of aliphatic hydroxyl groups is 1. The lowest BCUT2D eigenvalue weighted by Gasteiger charge is -2.36. The lowest BCUT2D eigenvalue weighted by molar-refractivity contribution is -0.0242. The minimum Gasteiger partial charge on any atom is -0.441 e. The van der Waals surface area contributed by atoms with Crippen molar-refractivity contribution in [2.45, 2.75) is 57.1 Å². The van der Waals surface area contributed by atoms with Gasteiger partial charge in [0.05, 0.1) is 12.7 Å². The van der Waals surface area contributed by atoms with Crippen molar-refractivity contribution in [2.75, 3.05) is 13.1 Å². The summed E-state index contributed by atoms with van der Waals surface area (Å²) in [5.74, 6) is 1.50. The fourth-order valence-corrected chi connectivity index (χ4v) is 4.46. The van der Waals surface area contributed by atoms with Crippen LogP contribution in [0.4, 0.5) is 0 Å². The highest BCUT2D eigenvalue weighted by atomic mass is 16.4. The SMILES string of the molecule is O[C@@](c1ccccc1)(c1ncc(CN2CCCC2)o1)C1CCCCC1. The second kappa shape index (κ2) is 7.30. The van der Waals surface area contributed by atoms with Gasteiger partial charge in [-0.1, -0.05) is 49.6 Å². The summed E-state index contributed by atoms with van der Waals surface area (Å²) in [6.45, 7) is 3.05. The Labute approximate surface area is 149 Å².